The molecule has 0 bridgehead atoms. The van der Waals surface area contributed by atoms with Crippen LogP contribution in [-0.4, -0.2) is 24.2 Å². The first-order chi connectivity index (χ1) is 8.70. The van der Waals surface area contributed by atoms with Gasteiger partial charge < -0.3 is 14.8 Å². The lowest BCUT2D eigenvalue weighted by atomic mass is 9.97. The van der Waals surface area contributed by atoms with Crippen molar-refractivity contribution in [3.8, 4) is 0 Å². The highest BCUT2D eigenvalue weighted by atomic mass is 16.4. The molecule has 1 saturated carbocycles. The fourth-order valence-corrected chi connectivity index (χ4v) is 2.44. The van der Waals surface area contributed by atoms with Crippen molar-refractivity contribution in [2.45, 2.75) is 19.3 Å². The molecule has 0 saturated heterocycles. The average Bonchev–Trinajstić information content (AvgIpc) is 2.84. The zero-order valence-corrected chi connectivity index (χ0v) is 10.1. The molecule has 98 valence electrons. The SMILES string of the molecule is O=C(NCC1CCCC1CO)c1ccc(=O)oc1. The van der Waals surface area contributed by atoms with Gasteiger partial charge in [0.25, 0.3) is 5.91 Å². The number of aliphatic hydroxyl groups excluding tert-OH is 1. The first kappa shape index (κ1) is 12.8. The zero-order valence-electron chi connectivity index (χ0n) is 10.1. The number of hydrogen-bond donors (Lipinski definition) is 2. The monoisotopic (exact) mass is 251 g/mol. The second-order valence-corrected chi connectivity index (χ2v) is 4.69. The number of carbonyl (C=O) groups is 1. The van der Waals surface area contributed by atoms with Gasteiger partial charge in [0.15, 0.2) is 0 Å². The van der Waals surface area contributed by atoms with Crippen molar-refractivity contribution < 1.29 is 14.3 Å². The molecule has 2 unspecified atom stereocenters. The Morgan fingerprint density at radius 3 is 2.83 bits per heavy atom. The summed E-state index contributed by atoms with van der Waals surface area (Å²) in [7, 11) is 0. The molecule has 1 amide bonds. The van der Waals surface area contributed by atoms with Crippen molar-refractivity contribution in [3.05, 3.63) is 34.4 Å². The maximum atomic E-state index is 11.8. The van der Waals surface area contributed by atoms with Gasteiger partial charge in [-0.1, -0.05) is 6.42 Å². The molecule has 0 aromatic carbocycles. The molecule has 5 nitrogen and oxygen atoms in total. The van der Waals surface area contributed by atoms with Gasteiger partial charge in [0.1, 0.15) is 6.26 Å². The summed E-state index contributed by atoms with van der Waals surface area (Å²) in [5.41, 5.74) is -0.129. The molecule has 1 heterocycles. The van der Waals surface area contributed by atoms with Crippen molar-refractivity contribution in [1.82, 2.24) is 5.32 Å². The van der Waals surface area contributed by atoms with Gasteiger partial charge in [-0.15, -0.1) is 0 Å². The number of amides is 1. The van der Waals surface area contributed by atoms with E-state index in [1.165, 1.54) is 12.1 Å². The van der Waals surface area contributed by atoms with Crippen LogP contribution in [0.5, 0.6) is 0 Å². The summed E-state index contributed by atoms with van der Waals surface area (Å²) in [5, 5.41) is 12.0. The summed E-state index contributed by atoms with van der Waals surface area (Å²) in [4.78, 5) is 22.5. The Morgan fingerprint density at radius 2 is 2.17 bits per heavy atom. The molecule has 0 spiro atoms. The van der Waals surface area contributed by atoms with E-state index in [1.807, 2.05) is 0 Å². The molecular weight excluding hydrogens is 234 g/mol. The van der Waals surface area contributed by atoms with Crippen molar-refractivity contribution in [2.24, 2.45) is 11.8 Å². The van der Waals surface area contributed by atoms with E-state index in [2.05, 4.69) is 9.73 Å². The fraction of sp³-hybridized carbons (Fsp3) is 0.538. The van der Waals surface area contributed by atoms with Crippen molar-refractivity contribution in [1.29, 1.82) is 0 Å². The predicted molar refractivity (Wildman–Crippen MR) is 65.2 cm³/mol. The molecule has 2 N–H and O–H groups in total. The van der Waals surface area contributed by atoms with E-state index in [9.17, 15) is 14.7 Å². The van der Waals surface area contributed by atoms with E-state index >= 15 is 0 Å². The van der Waals surface area contributed by atoms with Crippen LogP contribution in [0.1, 0.15) is 29.6 Å². The average molecular weight is 251 g/mol. The molecule has 2 rings (SSSR count). The first-order valence-electron chi connectivity index (χ1n) is 6.18. The number of aliphatic hydroxyl groups is 1. The second-order valence-electron chi connectivity index (χ2n) is 4.69. The van der Waals surface area contributed by atoms with Crippen molar-refractivity contribution in [3.63, 3.8) is 0 Å². The topological polar surface area (TPSA) is 79.5 Å². The van der Waals surface area contributed by atoms with Gasteiger partial charge in [0, 0.05) is 19.2 Å². The first-order valence-corrected chi connectivity index (χ1v) is 6.18. The van der Waals surface area contributed by atoms with Gasteiger partial charge in [0.05, 0.1) is 5.56 Å². The minimum atomic E-state index is -0.470. The van der Waals surface area contributed by atoms with Crippen LogP contribution in [0.2, 0.25) is 0 Å². The van der Waals surface area contributed by atoms with Gasteiger partial charge in [-0.05, 0) is 30.7 Å². The van der Waals surface area contributed by atoms with E-state index in [1.54, 1.807) is 0 Å². The van der Waals surface area contributed by atoms with E-state index in [0.717, 1.165) is 25.5 Å². The maximum absolute atomic E-state index is 11.8. The van der Waals surface area contributed by atoms with E-state index < -0.39 is 5.63 Å². The van der Waals surface area contributed by atoms with Crippen LogP contribution in [0, 0.1) is 11.8 Å². The number of carbonyl (C=O) groups excluding carboxylic acids is 1. The van der Waals surface area contributed by atoms with Crippen molar-refractivity contribution in [2.75, 3.05) is 13.2 Å². The Morgan fingerprint density at radius 1 is 1.39 bits per heavy atom. The summed E-state index contributed by atoms with van der Waals surface area (Å²) < 4.78 is 4.64. The van der Waals surface area contributed by atoms with Gasteiger partial charge >= 0.3 is 5.63 Å². The zero-order chi connectivity index (χ0) is 13.0. The molecule has 5 heteroatoms. The molecule has 1 aliphatic rings. The normalized spacial score (nSPS) is 22.9. The van der Waals surface area contributed by atoms with E-state index in [4.69, 9.17) is 0 Å². The fourth-order valence-electron chi connectivity index (χ4n) is 2.44. The highest BCUT2D eigenvalue weighted by molar-refractivity contribution is 5.93. The molecule has 18 heavy (non-hydrogen) atoms. The minimum absolute atomic E-state index is 0.181. The molecule has 0 radical (unpaired) electrons. The van der Waals surface area contributed by atoms with Crippen LogP contribution in [0.25, 0.3) is 0 Å². The Kier molecular flexibility index (Phi) is 4.15. The van der Waals surface area contributed by atoms with Crippen LogP contribution in [-0.2, 0) is 0 Å². The van der Waals surface area contributed by atoms with Crippen LogP contribution in [0.15, 0.2) is 27.6 Å². The largest absolute Gasteiger partial charge is 0.430 e. The van der Waals surface area contributed by atoms with Gasteiger partial charge in [-0.25, -0.2) is 4.79 Å². The van der Waals surface area contributed by atoms with Crippen molar-refractivity contribution >= 4 is 5.91 Å². The maximum Gasteiger partial charge on any atom is 0.335 e. The van der Waals surface area contributed by atoms with Crippen LogP contribution in [0.4, 0.5) is 0 Å². The molecule has 1 aromatic rings. The summed E-state index contributed by atoms with van der Waals surface area (Å²) in [6, 6.07) is 2.67. The molecule has 2 atom stereocenters. The lowest BCUT2D eigenvalue weighted by Crippen LogP contribution is -2.31. The van der Waals surface area contributed by atoms with Crippen LogP contribution in [0.3, 0.4) is 0 Å². The summed E-state index contributed by atoms with van der Waals surface area (Å²) in [6.45, 7) is 0.740. The number of rotatable bonds is 4. The third kappa shape index (κ3) is 2.98. The molecule has 1 fully saturated rings. The predicted octanol–water partition coefficient (Wildman–Crippen LogP) is 0.778. The van der Waals surface area contributed by atoms with Gasteiger partial charge in [-0.3, -0.25) is 4.79 Å². The van der Waals surface area contributed by atoms with E-state index in [0.29, 0.717) is 23.9 Å². The third-order valence-electron chi connectivity index (χ3n) is 3.54. The number of hydrogen-bond acceptors (Lipinski definition) is 4. The standard InChI is InChI=1S/C13H17NO4/c15-7-10-3-1-2-9(10)6-14-13(17)11-4-5-12(16)18-8-11/h4-5,8-10,15H,1-3,6-7H2,(H,14,17). The summed E-state index contributed by atoms with van der Waals surface area (Å²) in [5.74, 6) is 0.385. The van der Waals surface area contributed by atoms with Crippen LogP contribution < -0.4 is 10.9 Å². The molecule has 0 aliphatic heterocycles. The summed E-state index contributed by atoms with van der Waals surface area (Å²) in [6.07, 6.45) is 4.33. The Balaban J connectivity index is 1.88. The van der Waals surface area contributed by atoms with E-state index in [-0.39, 0.29) is 12.5 Å². The van der Waals surface area contributed by atoms with Gasteiger partial charge in [-0.2, -0.15) is 0 Å². The molecule has 1 aliphatic carbocycles. The van der Waals surface area contributed by atoms with Gasteiger partial charge in [0.2, 0.25) is 0 Å². The quantitative estimate of drug-likeness (QED) is 0.828. The summed E-state index contributed by atoms with van der Waals surface area (Å²) >= 11 is 0. The lowest BCUT2D eigenvalue weighted by Gasteiger charge is -2.17. The Hall–Kier alpha value is -1.62. The number of nitrogens with one attached hydrogen (secondary N) is 1. The smallest absolute Gasteiger partial charge is 0.335 e. The third-order valence-corrected chi connectivity index (χ3v) is 3.54. The lowest BCUT2D eigenvalue weighted by molar-refractivity contribution is 0.0935. The molecule has 1 aromatic heterocycles. The minimum Gasteiger partial charge on any atom is -0.430 e. The van der Waals surface area contributed by atoms with Crippen LogP contribution >= 0.6 is 0 Å². The second kappa shape index (κ2) is 5.82. The Labute approximate surface area is 105 Å². The highest BCUT2D eigenvalue weighted by Gasteiger charge is 2.26. The Bertz CT molecular complexity index is 448. The molecular formula is C13H17NO4. The highest BCUT2D eigenvalue weighted by Crippen LogP contribution is 2.30.